The number of benzene rings is 1. The fourth-order valence-corrected chi connectivity index (χ4v) is 4.79. The number of para-hydroxylation sites is 1. The average Bonchev–Trinajstić information content (AvgIpc) is 3.43. The molecule has 0 bridgehead atoms. The number of hydrogen-bond acceptors (Lipinski definition) is 8. The Kier molecular flexibility index (Phi) is 10.6. The van der Waals surface area contributed by atoms with Gasteiger partial charge in [-0.05, 0) is 50.0 Å². The van der Waals surface area contributed by atoms with Gasteiger partial charge in [0.25, 0.3) is 5.09 Å². The van der Waals surface area contributed by atoms with Crippen molar-refractivity contribution in [2.45, 2.75) is 70.5 Å². The topological polar surface area (TPSA) is 117 Å². The summed E-state index contributed by atoms with van der Waals surface area (Å²) in [7, 11) is 0. The number of allylic oxidation sites excluding steroid dienone is 1. The first-order valence-corrected chi connectivity index (χ1v) is 12.5. The van der Waals surface area contributed by atoms with E-state index in [4.69, 9.17) is 14.2 Å². The van der Waals surface area contributed by atoms with Crippen LogP contribution in [0.15, 0.2) is 30.4 Å². The minimum atomic E-state index is -0.903. The largest absolute Gasteiger partial charge is 0.489 e. The third kappa shape index (κ3) is 7.70. The standard InChI is InChI=1S/C27H35NO8/c1-3-4-7-19(2)23(29)14-12-20-13-15-24-26(20)22-10-5-8-21(27(22)36-24)9-6-11-25(30)34-18-33-16-17-35-28(31)32/h5,8,10,12,14,19-20,23-24,26,29H,6-7,9,11,13,15-18H2,1-2H3/b14-12+. The number of aryl methyl sites for hydroxylation is 1. The molecular weight excluding hydrogens is 466 g/mol. The Morgan fingerprint density at radius 3 is 2.97 bits per heavy atom. The molecule has 0 amide bonds. The quantitative estimate of drug-likeness (QED) is 0.0774. The maximum Gasteiger partial charge on any atom is 0.307 e. The van der Waals surface area contributed by atoms with Crippen LogP contribution in [-0.4, -0.2) is 48.4 Å². The summed E-state index contributed by atoms with van der Waals surface area (Å²) in [5, 5.41) is 19.6. The molecule has 3 rings (SSSR count). The molecule has 0 aromatic heterocycles. The second kappa shape index (κ2) is 13.9. The molecule has 1 aromatic rings. The summed E-state index contributed by atoms with van der Waals surface area (Å²) in [6.07, 6.45) is 7.88. The van der Waals surface area contributed by atoms with Crippen molar-refractivity contribution in [3.05, 3.63) is 51.6 Å². The van der Waals surface area contributed by atoms with Gasteiger partial charge in [0.2, 0.25) is 0 Å². The Bertz CT molecular complexity index is 982. The first-order chi connectivity index (χ1) is 17.4. The fraction of sp³-hybridized carbons (Fsp3) is 0.593. The van der Waals surface area contributed by atoms with Gasteiger partial charge in [-0.2, -0.15) is 0 Å². The lowest BCUT2D eigenvalue weighted by atomic mass is 9.86. The summed E-state index contributed by atoms with van der Waals surface area (Å²) >= 11 is 0. The number of esters is 1. The van der Waals surface area contributed by atoms with E-state index >= 15 is 0 Å². The zero-order valence-electron chi connectivity index (χ0n) is 20.9. The number of rotatable bonds is 14. The average molecular weight is 502 g/mol. The van der Waals surface area contributed by atoms with Crippen LogP contribution in [0, 0.1) is 33.8 Å². The van der Waals surface area contributed by atoms with Crippen molar-refractivity contribution in [3.8, 4) is 17.6 Å². The molecule has 1 heterocycles. The van der Waals surface area contributed by atoms with Crippen LogP contribution < -0.4 is 4.74 Å². The highest BCUT2D eigenvalue weighted by atomic mass is 17.0. The molecule has 5 unspecified atom stereocenters. The van der Waals surface area contributed by atoms with Crippen LogP contribution in [0.4, 0.5) is 0 Å². The van der Waals surface area contributed by atoms with E-state index in [2.05, 4.69) is 28.8 Å². The molecule has 1 aliphatic carbocycles. The van der Waals surface area contributed by atoms with Crippen molar-refractivity contribution < 1.29 is 34.0 Å². The van der Waals surface area contributed by atoms with Gasteiger partial charge in [-0.3, -0.25) is 4.79 Å². The molecule has 1 aromatic carbocycles. The van der Waals surface area contributed by atoms with E-state index in [1.54, 1.807) is 0 Å². The summed E-state index contributed by atoms with van der Waals surface area (Å²) in [5.41, 5.74) is 2.29. The lowest BCUT2D eigenvalue weighted by Crippen LogP contribution is -2.17. The molecule has 5 atom stereocenters. The molecule has 2 aliphatic rings. The minimum Gasteiger partial charge on any atom is -0.489 e. The second-order valence-electron chi connectivity index (χ2n) is 9.20. The highest BCUT2D eigenvalue weighted by Crippen LogP contribution is 2.51. The van der Waals surface area contributed by atoms with Gasteiger partial charge in [0.05, 0.1) is 12.7 Å². The number of aliphatic hydroxyl groups excluding tert-OH is 1. The summed E-state index contributed by atoms with van der Waals surface area (Å²) < 4.78 is 16.3. The van der Waals surface area contributed by atoms with E-state index in [0.717, 1.165) is 24.2 Å². The van der Waals surface area contributed by atoms with E-state index < -0.39 is 17.2 Å². The predicted molar refractivity (Wildman–Crippen MR) is 131 cm³/mol. The molecular formula is C27H35NO8. The van der Waals surface area contributed by atoms with Gasteiger partial charge < -0.3 is 24.2 Å². The predicted octanol–water partition coefficient (Wildman–Crippen LogP) is 3.96. The Hall–Kier alpha value is -3.09. The van der Waals surface area contributed by atoms with Gasteiger partial charge in [0, 0.05) is 24.3 Å². The Morgan fingerprint density at radius 1 is 1.36 bits per heavy atom. The van der Waals surface area contributed by atoms with Gasteiger partial charge in [0.15, 0.2) is 6.79 Å². The van der Waals surface area contributed by atoms with E-state index in [1.165, 1.54) is 5.56 Å². The monoisotopic (exact) mass is 501 g/mol. The molecule has 196 valence electrons. The minimum absolute atomic E-state index is 0.0359. The molecule has 1 N–H and O–H groups in total. The van der Waals surface area contributed by atoms with Gasteiger partial charge in [-0.15, -0.1) is 22.0 Å². The second-order valence-corrected chi connectivity index (χ2v) is 9.20. The molecule has 9 nitrogen and oxygen atoms in total. The van der Waals surface area contributed by atoms with Gasteiger partial charge in [-0.1, -0.05) is 37.3 Å². The van der Waals surface area contributed by atoms with Crippen LogP contribution in [0.3, 0.4) is 0 Å². The summed E-state index contributed by atoms with van der Waals surface area (Å²) in [6.45, 7) is 3.31. The third-order valence-electron chi connectivity index (χ3n) is 6.70. The van der Waals surface area contributed by atoms with Crippen molar-refractivity contribution in [1.29, 1.82) is 0 Å². The Labute approximate surface area is 211 Å². The molecule has 0 radical (unpaired) electrons. The molecule has 0 spiro atoms. The summed E-state index contributed by atoms with van der Waals surface area (Å²) in [6, 6.07) is 6.20. The number of hydrogen-bond donors (Lipinski definition) is 1. The summed E-state index contributed by atoms with van der Waals surface area (Å²) in [4.78, 5) is 26.1. The van der Waals surface area contributed by atoms with Crippen LogP contribution in [0.1, 0.15) is 63.0 Å². The molecule has 1 fully saturated rings. The van der Waals surface area contributed by atoms with Crippen LogP contribution >= 0.6 is 0 Å². The van der Waals surface area contributed by atoms with E-state index in [-0.39, 0.29) is 44.4 Å². The fourth-order valence-electron chi connectivity index (χ4n) is 4.79. The molecule has 0 saturated heterocycles. The number of aliphatic hydroxyl groups is 1. The first kappa shape index (κ1) is 27.5. The van der Waals surface area contributed by atoms with E-state index in [9.17, 15) is 20.0 Å². The normalized spacial score (nSPS) is 21.6. The molecule has 1 aliphatic heterocycles. The van der Waals surface area contributed by atoms with Crippen molar-refractivity contribution in [1.82, 2.24) is 0 Å². The first-order valence-electron chi connectivity index (χ1n) is 12.5. The van der Waals surface area contributed by atoms with Crippen LogP contribution in [0.5, 0.6) is 5.75 Å². The van der Waals surface area contributed by atoms with Gasteiger partial charge in [0.1, 0.15) is 18.5 Å². The van der Waals surface area contributed by atoms with Crippen LogP contribution in [0.25, 0.3) is 0 Å². The highest BCUT2D eigenvalue weighted by Gasteiger charge is 2.44. The van der Waals surface area contributed by atoms with E-state index in [0.29, 0.717) is 25.2 Å². The maximum atomic E-state index is 11.9. The third-order valence-corrected chi connectivity index (χ3v) is 6.70. The molecule has 36 heavy (non-hydrogen) atoms. The van der Waals surface area contributed by atoms with Crippen molar-refractivity contribution in [3.63, 3.8) is 0 Å². The van der Waals surface area contributed by atoms with Crippen LogP contribution in [-0.2, 0) is 25.5 Å². The number of carbonyl (C=O) groups is 1. The number of nitrogens with zero attached hydrogens (tertiary/aromatic N) is 1. The SMILES string of the molecule is CC#CCC(C)C(O)/C=C/C1CCC2Oc3c(CCCC(=O)OCOCCO[N+](=O)[O-])cccc3C12. The zero-order valence-corrected chi connectivity index (χ0v) is 20.9. The van der Waals surface area contributed by atoms with Crippen molar-refractivity contribution >= 4 is 5.97 Å². The van der Waals surface area contributed by atoms with Crippen molar-refractivity contribution in [2.75, 3.05) is 20.0 Å². The lowest BCUT2D eigenvalue weighted by Gasteiger charge is -2.17. The number of carbonyl (C=O) groups excluding carboxylic acids is 1. The van der Waals surface area contributed by atoms with Crippen LogP contribution in [0.2, 0.25) is 0 Å². The maximum absolute atomic E-state index is 11.9. The number of fused-ring (bicyclic) bond motifs is 3. The van der Waals surface area contributed by atoms with E-state index in [1.807, 2.05) is 32.1 Å². The zero-order chi connectivity index (χ0) is 25.9. The smallest absolute Gasteiger partial charge is 0.307 e. The van der Waals surface area contributed by atoms with Gasteiger partial charge in [-0.25, -0.2) is 0 Å². The van der Waals surface area contributed by atoms with Gasteiger partial charge >= 0.3 is 5.97 Å². The highest BCUT2D eigenvalue weighted by molar-refractivity contribution is 5.69. The van der Waals surface area contributed by atoms with Crippen molar-refractivity contribution in [2.24, 2.45) is 11.8 Å². The Balaban J connectivity index is 1.48. The molecule has 1 saturated carbocycles. The number of ether oxygens (including phenoxy) is 3. The lowest BCUT2D eigenvalue weighted by molar-refractivity contribution is -0.758. The molecule has 9 heteroatoms. The Morgan fingerprint density at radius 2 is 2.19 bits per heavy atom. The summed E-state index contributed by atoms with van der Waals surface area (Å²) in [5.74, 6) is 7.13.